The third-order valence-electron chi connectivity index (χ3n) is 2.36. The minimum atomic E-state index is 0.101. The number of hydrogen-bond donors (Lipinski definition) is 0. The van der Waals surface area contributed by atoms with E-state index in [0.29, 0.717) is 6.61 Å². The Morgan fingerprint density at radius 2 is 2.00 bits per heavy atom. The molecule has 0 aromatic heterocycles. The molecule has 0 spiro atoms. The molecule has 0 amide bonds. The van der Waals surface area contributed by atoms with Crippen molar-refractivity contribution in [1.29, 1.82) is 0 Å². The quantitative estimate of drug-likeness (QED) is 0.722. The third kappa shape index (κ3) is 2.62. The van der Waals surface area contributed by atoms with Gasteiger partial charge in [0.15, 0.2) is 0 Å². The van der Waals surface area contributed by atoms with Crippen LogP contribution in [-0.4, -0.2) is 6.61 Å². The molecule has 0 aliphatic carbocycles. The Balaban J connectivity index is 3.31. The number of rotatable bonds is 3. The van der Waals surface area contributed by atoms with Gasteiger partial charge in [-0.3, -0.25) is 0 Å². The van der Waals surface area contributed by atoms with Gasteiger partial charge in [-0.25, -0.2) is 0 Å². The van der Waals surface area contributed by atoms with Crippen molar-refractivity contribution in [3.63, 3.8) is 0 Å². The topological polar surface area (TPSA) is 9.23 Å². The Kier molecular flexibility index (Phi) is 3.57. The van der Waals surface area contributed by atoms with Crippen molar-refractivity contribution in [3.8, 4) is 5.75 Å². The summed E-state index contributed by atoms with van der Waals surface area (Å²) in [5.41, 5.74) is 2.41. The van der Waals surface area contributed by atoms with Gasteiger partial charge in [0.2, 0.25) is 0 Å². The number of benzene rings is 1. The van der Waals surface area contributed by atoms with Crippen molar-refractivity contribution in [1.82, 2.24) is 0 Å². The summed E-state index contributed by atoms with van der Waals surface area (Å²) in [5, 5.41) is 0. The zero-order valence-electron chi connectivity index (χ0n) is 10.1. The molecule has 15 heavy (non-hydrogen) atoms. The van der Waals surface area contributed by atoms with Crippen molar-refractivity contribution in [2.75, 3.05) is 6.61 Å². The molecule has 0 atom stereocenters. The Bertz CT molecular complexity index is 345. The Hall–Kier alpha value is -1.24. The van der Waals surface area contributed by atoms with Crippen LogP contribution in [0.1, 0.15) is 38.8 Å². The lowest BCUT2D eigenvalue weighted by Gasteiger charge is -2.23. The lowest BCUT2D eigenvalue weighted by atomic mass is 9.85. The highest BCUT2D eigenvalue weighted by Gasteiger charge is 2.20. The lowest BCUT2D eigenvalue weighted by Crippen LogP contribution is -2.14. The lowest BCUT2D eigenvalue weighted by molar-refractivity contribution is 0.329. The van der Waals surface area contributed by atoms with Crippen LogP contribution in [0.5, 0.6) is 5.75 Å². The van der Waals surface area contributed by atoms with Gasteiger partial charge in [0, 0.05) is 11.1 Å². The summed E-state index contributed by atoms with van der Waals surface area (Å²) in [6.45, 7) is 13.1. The molecule has 0 unspecified atom stereocenters. The maximum Gasteiger partial charge on any atom is 0.130 e. The molecule has 0 radical (unpaired) electrons. The van der Waals surface area contributed by atoms with Gasteiger partial charge in [-0.15, -0.1) is 0 Å². The maximum absolute atomic E-state index is 5.71. The molecule has 1 heteroatoms. The number of hydrogen-bond acceptors (Lipinski definition) is 1. The molecule has 82 valence electrons. The van der Waals surface area contributed by atoms with E-state index in [4.69, 9.17) is 4.74 Å². The second-order valence-corrected chi connectivity index (χ2v) is 4.61. The predicted molar refractivity (Wildman–Crippen MR) is 66.4 cm³/mol. The maximum atomic E-state index is 5.71. The van der Waals surface area contributed by atoms with Crippen molar-refractivity contribution in [2.45, 2.75) is 33.1 Å². The average molecular weight is 204 g/mol. The first kappa shape index (κ1) is 11.8. The van der Waals surface area contributed by atoms with E-state index in [1.165, 1.54) is 5.56 Å². The van der Waals surface area contributed by atoms with Crippen LogP contribution in [0, 0.1) is 0 Å². The van der Waals surface area contributed by atoms with Crippen LogP contribution in [0.3, 0.4) is 0 Å². The van der Waals surface area contributed by atoms with Gasteiger partial charge in [-0.05, 0) is 12.3 Å². The minimum Gasteiger partial charge on any atom is -0.493 e. The van der Waals surface area contributed by atoms with E-state index in [2.05, 4.69) is 39.5 Å². The number of para-hydroxylation sites is 1. The van der Waals surface area contributed by atoms with Gasteiger partial charge < -0.3 is 4.74 Å². The molecule has 0 N–H and O–H groups in total. The van der Waals surface area contributed by atoms with E-state index < -0.39 is 0 Å². The summed E-state index contributed by atoms with van der Waals surface area (Å²) in [5.74, 6) is 0.975. The highest BCUT2D eigenvalue weighted by molar-refractivity contribution is 5.59. The predicted octanol–water partition coefficient (Wildman–Crippen LogP) is 4.03. The van der Waals surface area contributed by atoms with E-state index in [-0.39, 0.29) is 5.41 Å². The standard InChI is InChI=1S/C14H20O/c1-6-11-9-8-10-12(14(3,4)5)13(11)15-7-2/h6,8-10H,1,7H2,2-5H3. The largest absolute Gasteiger partial charge is 0.493 e. The van der Waals surface area contributed by atoms with Gasteiger partial charge in [0.05, 0.1) is 6.61 Å². The third-order valence-corrected chi connectivity index (χ3v) is 2.36. The van der Waals surface area contributed by atoms with E-state index in [1.807, 2.05) is 19.1 Å². The summed E-state index contributed by atoms with van der Waals surface area (Å²) in [6, 6.07) is 6.21. The molecule has 0 saturated carbocycles. The van der Waals surface area contributed by atoms with E-state index in [0.717, 1.165) is 11.3 Å². The van der Waals surface area contributed by atoms with Crippen LogP contribution >= 0.6 is 0 Å². The van der Waals surface area contributed by atoms with E-state index in [9.17, 15) is 0 Å². The molecular weight excluding hydrogens is 184 g/mol. The Morgan fingerprint density at radius 1 is 1.33 bits per heavy atom. The first-order valence-corrected chi connectivity index (χ1v) is 5.39. The van der Waals surface area contributed by atoms with Crippen LogP contribution in [0.4, 0.5) is 0 Å². The van der Waals surface area contributed by atoms with Crippen LogP contribution in [0.25, 0.3) is 6.08 Å². The zero-order valence-corrected chi connectivity index (χ0v) is 10.1. The molecule has 1 aromatic carbocycles. The average Bonchev–Trinajstić information content (AvgIpc) is 2.17. The zero-order chi connectivity index (χ0) is 11.5. The van der Waals surface area contributed by atoms with Gasteiger partial charge in [-0.2, -0.15) is 0 Å². The van der Waals surface area contributed by atoms with Gasteiger partial charge in [-0.1, -0.05) is 51.6 Å². The second-order valence-electron chi connectivity index (χ2n) is 4.61. The molecule has 0 fully saturated rings. The smallest absolute Gasteiger partial charge is 0.130 e. The molecule has 1 aromatic rings. The van der Waals surface area contributed by atoms with E-state index >= 15 is 0 Å². The molecule has 0 aliphatic rings. The molecular formula is C14H20O. The molecule has 1 nitrogen and oxygen atoms in total. The summed E-state index contributed by atoms with van der Waals surface area (Å²) in [4.78, 5) is 0. The molecule has 0 aliphatic heterocycles. The van der Waals surface area contributed by atoms with Crippen LogP contribution < -0.4 is 4.74 Å². The van der Waals surface area contributed by atoms with Gasteiger partial charge in [0.1, 0.15) is 5.75 Å². The summed E-state index contributed by atoms with van der Waals surface area (Å²) in [6.07, 6.45) is 1.85. The van der Waals surface area contributed by atoms with Crippen LogP contribution in [-0.2, 0) is 5.41 Å². The molecule has 0 bridgehead atoms. The number of ether oxygens (including phenoxy) is 1. The van der Waals surface area contributed by atoms with Gasteiger partial charge in [0.25, 0.3) is 0 Å². The highest BCUT2D eigenvalue weighted by Crippen LogP contribution is 2.34. The van der Waals surface area contributed by atoms with Crippen molar-refractivity contribution >= 4 is 6.08 Å². The minimum absolute atomic E-state index is 0.101. The monoisotopic (exact) mass is 204 g/mol. The Morgan fingerprint density at radius 3 is 2.47 bits per heavy atom. The summed E-state index contributed by atoms with van der Waals surface area (Å²) in [7, 11) is 0. The van der Waals surface area contributed by atoms with Crippen LogP contribution in [0.2, 0.25) is 0 Å². The van der Waals surface area contributed by atoms with Crippen molar-refractivity contribution in [2.24, 2.45) is 0 Å². The summed E-state index contributed by atoms with van der Waals surface area (Å²) >= 11 is 0. The highest BCUT2D eigenvalue weighted by atomic mass is 16.5. The van der Waals surface area contributed by atoms with Crippen LogP contribution in [0.15, 0.2) is 24.8 Å². The Labute approximate surface area is 92.8 Å². The molecule has 1 rings (SSSR count). The fraction of sp³-hybridized carbons (Fsp3) is 0.429. The van der Waals surface area contributed by atoms with Crippen molar-refractivity contribution < 1.29 is 4.74 Å². The molecule has 0 heterocycles. The summed E-state index contributed by atoms with van der Waals surface area (Å²) < 4.78 is 5.71. The first-order valence-electron chi connectivity index (χ1n) is 5.39. The fourth-order valence-electron chi connectivity index (χ4n) is 1.61. The SMILES string of the molecule is C=Cc1cccc(C(C)(C)C)c1OCC. The normalized spacial score (nSPS) is 11.2. The molecule has 0 saturated heterocycles. The van der Waals surface area contributed by atoms with Gasteiger partial charge >= 0.3 is 0 Å². The van der Waals surface area contributed by atoms with Crippen molar-refractivity contribution in [3.05, 3.63) is 35.9 Å². The second kappa shape index (κ2) is 4.52. The fourth-order valence-corrected chi connectivity index (χ4v) is 1.61. The first-order chi connectivity index (χ1) is 7.00. The van der Waals surface area contributed by atoms with E-state index in [1.54, 1.807) is 0 Å².